The Hall–Kier alpha value is -1.70. The maximum Gasteiger partial charge on any atom is 0.133 e. The molecule has 0 N–H and O–H groups in total. The Bertz CT molecular complexity index is 387. The number of benzene rings is 1. The van der Waals surface area contributed by atoms with E-state index in [0.29, 0.717) is 0 Å². The van der Waals surface area contributed by atoms with Crippen molar-refractivity contribution in [3.05, 3.63) is 42.7 Å². The summed E-state index contributed by atoms with van der Waals surface area (Å²) in [6.45, 7) is 0. The molecule has 2 heteroatoms. The molecule has 1 aromatic carbocycles. The zero-order valence-corrected chi connectivity index (χ0v) is 8.40. The van der Waals surface area contributed by atoms with Gasteiger partial charge in [0.1, 0.15) is 5.76 Å². The summed E-state index contributed by atoms with van der Waals surface area (Å²) in [5, 5.41) is 0. The second-order valence-electron chi connectivity index (χ2n) is 3.42. The van der Waals surface area contributed by atoms with Crippen molar-refractivity contribution in [1.29, 1.82) is 0 Å². The van der Waals surface area contributed by atoms with Crippen LogP contribution in [-0.4, -0.2) is 14.1 Å². The molecule has 0 spiro atoms. The van der Waals surface area contributed by atoms with Crippen LogP contribution in [0.1, 0.15) is 0 Å². The zero-order valence-electron chi connectivity index (χ0n) is 8.40. The molecule has 0 aliphatic rings. The average Bonchev–Trinajstić information content (AvgIpc) is 2.71. The molecule has 0 unspecified atom stereocenters. The lowest BCUT2D eigenvalue weighted by Gasteiger charge is -2.11. The number of hydrogen-bond acceptors (Lipinski definition) is 2. The molecule has 0 saturated carbocycles. The monoisotopic (exact) mass is 187 g/mol. The van der Waals surface area contributed by atoms with Crippen LogP contribution >= 0.6 is 0 Å². The van der Waals surface area contributed by atoms with Crippen molar-refractivity contribution in [2.75, 3.05) is 19.0 Å². The predicted molar refractivity (Wildman–Crippen MR) is 58.5 cm³/mol. The highest BCUT2D eigenvalue weighted by Gasteiger charge is 2.00. The number of hydrogen-bond donors (Lipinski definition) is 0. The molecule has 0 radical (unpaired) electrons. The van der Waals surface area contributed by atoms with E-state index in [4.69, 9.17) is 4.42 Å². The first-order chi connectivity index (χ1) is 6.77. The number of rotatable bonds is 2. The molecule has 72 valence electrons. The van der Waals surface area contributed by atoms with E-state index in [0.717, 1.165) is 11.3 Å². The lowest BCUT2D eigenvalue weighted by atomic mass is 10.1. The Kier molecular flexibility index (Phi) is 2.27. The summed E-state index contributed by atoms with van der Waals surface area (Å²) in [7, 11) is 4.06. The van der Waals surface area contributed by atoms with Gasteiger partial charge in [-0.1, -0.05) is 0 Å². The highest BCUT2D eigenvalue weighted by Crippen LogP contribution is 2.22. The first-order valence-electron chi connectivity index (χ1n) is 4.58. The highest BCUT2D eigenvalue weighted by molar-refractivity contribution is 5.61. The minimum absolute atomic E-state index is 0.912. The molecule has 0 aliphatic heterocycles. The van der Waals surface area contributed by atoms with E-state index in [1.54, 1.807) is 6.26 Å². The van der Waals surface area contributed by atoms with Crippen LogP contribution in [0.2, 0.25) is 0 Å². The van der Waals surface area contributed by atoms with Gasteiger partial charge in [0, 0.05) is 25.3 Å². The molecule has 0 fully saturated rings. The molecule has 0 atom stereocenters. The van der Waals surface area contributed by atoms with Crippen LogP contribution in [0.5, 0.6) is 0 Å². The van der Waals surface area contributed by atoms with Gasteiger partial charge in [-0.05, 0) is 36.4 Å². The molecule has 0 aliphatic carbocycles. The standard InChI is InChI=1S/C12H13NO/c1-13(2)11-7-5-10(6-8-11)12-4-3-9-14-12/h3-9H,1-2H3. The van der Waals surface area contributed by atoms with Crippen LogP contribution in [-0.2, 0) is 0 Å². The molecule has 0 bridgehead atoms. The molecule has 0 saturated heterocycles. The van der Waals surface area contributed by atoms with Gasteiger partial charge in [0.15, 0.2) is 0 Å². The van der Waals surface area contributed by atoms with Gasteiger partial charge in [-0.2, -0.15) is 0 Å². The number of anilines is 1. The minimum atomic E-state index is 0.912. The largest absolute Gasteiger partial charge is 0.464 e. The van der Waals surface area contributed by atoms with Gasteiger partial charge >= 0.3 is 0 Å². The minimum Gasteiger partial charge on any atom is -0.464 e. The Morgan fingerprint density at radius 2 is 1.71 bits per heavy atom. The van der Waals surface area contributed by atoms with Gasteiger partial charge in [0.2, 0.25) is 0 Å². The van der Waals surface area contributed by atoms with E-state index in [9.17, 15) is 0 Å². The normalized spacial score (nSPS) is 10.1. The average molecular weight is 187 g/mol. The molecular formula is C12H13NO. The Morgan fingerprint density at radius 1 is 1.00 bits per heavy atom. The quantitative estimate of drug-likeness (QED) is 0.718. The van der Waals surface area contributed by atoms with Crippen LogP contribution in [0.3, 0.4) is 0 Å². The third kappa shape index (κ3) is 1.64. The molecule has 2 nitrogen and oxygen atoms in total. The van der Waals surface area contributed by atoms with E-state index < -0.39 is 0 Å². The third-order valence-corrected chi connectivity index (χ3v) is 2.19. The van der Waals surface area contributed by atoms with Crippen molar-refractivity contribution < 1.29 is 4.42 Å². The fraction of sp³-hybridized carbons (Fsp3) is 0.167. The van der Waals surface area contributed by atoms with Gasteiger partial charge in [0.25, 0.3) is 0 Å². The van der Waals surface area contributed by atoms with E-state index in [1.807, 2.05) is 26.2 Å². The van der Waals surface area contributed by atoms with E-state index in [1.165, 1.54) is 5.69 Å². The third-order valence-electron chi connectivity index (χ3n) is 2.19. The van der Waals surface area contributed by atoms with Gasteiger partial charge in [-0.3, -0.25) is 0 Å². The van der Waals surface area contributed by atoms with Gasteiger partial charge in [-0.25, -0.2) is 0 Å². The maximum atomic E-state index is 5.31. The smallest absolute Gasteiger partial charge is 0.133 e. The second kappa shape index (κ2) is 3.58. The molecule has 1 aromatic heterocycles. The fourth-order valence-corrected chi connectivity index (χ4v) is 1.37. The summed E-state index contributed by atoms with van der Waals surface area (Å²) in [6.07, 6.45) is 1.69. The van der Waals surface area contributed by atoms with Crippen LogP contribution in [0.15, 0.2) is 47.1 Å². The Morgan fingerprint density at radius 3 is 2.21 bits per heavy atom. The predicted octanol–water partition coefficient (Wildman–Crippen LogP) is 3.01. The van der Waals surface area contributed by atoms with Crippen LogP contribution in [0.4, 0.5) is 5.69 Å². The molecular weight excluding hydrogens is 174 g/mol. The second-order valence-corrected chi connectivity index (χ2v) is 3.42. The first-order valence-corrected chi connectivity index (χ1v) is 4.58. The van der Waals surface area contributed by atoms with Crippen molar-refractivity contribution in [2.24, 2.45) is 0 Å². The van der Waals surface area contributed by atoms with Crippen molar-refractivity contribution in [3.63, 3.8) is 0 Å². The van der Waals surface area contributed by atoms with Crippen molar-refractivity contribution in [1.82, 2.24) is 0 Å². The Balaban J connectivity index is 2.31. The highest BCUT2D eigenvalue weighted by atomic mass is 16.3. The lowest BCUT2D eigenvalue weighted by Crippen LogP contribution is -2.07. The fourth-order valence-electron chi connectivity index (χ4n) is 1.37. The van der Waals surface area contributed by atoms with E-state index >= 15 is 0 Å². The molecule has 14 heavy (non-hydrogen) atoms. The summed E-state index contributed by atoms with van der Waals surface area (Å²) in [4.78, 5) is 2.08. The topological polar surface area (TPSA) is 16.4 Å². The van der Waals surface area contributed by atoms with E-state index in [-0.39, 0.29) is 0 Å². The number of nitrogens with zero attached hydrogens (tertiary/aromatic N) is 1. The summed E-state index contributed by atoms with van der Waals surface area (Å²) in [5.41, 5.74) is 2.31. The van der Waals surface area contributed by atoms with E-state index in [2.05, 4.69) is 29.2 Å². The van der Waals surface area contributed by atoms with Crippen molar-refractivity contribution in [2.45, 2.75) is 0 Å². The van der Waals surface area contributed by atoms with Crippen molar-refractivity contribution >= 4 is 5.69 Å². The molecule has 2 rings (SSSR count). The molecule has 1 heterocycles. The Labute approximate surface area is 83.8 Å². The SMILES string of the molecule is CN(C)c1ccc(-c2ccco2)cc1. The summed E-state index contributed by atoms with van der Waals surface area (Å²) in [5.74, 6) is 0.912. The lowest BCUT2D eigenvalue weighted by molar-refractivity contribution is 0.582. The summed E-state index contributed by atoms with van der Waals surface area (Å²) >= 11 is 0. The molecule has 0 amide bonds. The zero-order chi connectivity index (χ0) is 9.97. The van der Waals surface area contributed by atoms with Crippen molar-refractivity contribution in [3.8, 4) is 11.3 Å². The summed E-state index contributed by atoms with van der Waals surface area (Å²) in [6, 6.07) is 12.2. The number of furan rings is 1. The maximum absolute atomic E-state index is 5.31. The van der Waals surface area contributed by atoms with Gasteiger partial charge < -0.3 is 9.32 Å². The van der Waals surface area contributed by atoms with Crippen LogP contribution in [0.25, 0.3) is 11.3 Å². The van der Waals surface area contributed by atoms with Gasteiger partial charge in [-0.15, -0.1) is 0 Å². The van der Waals surface area contributed by atoms with Gasteiger partial charge in [0.05, 0.1) is 6.26 Å². The first kappa shape index (κ1) is 8.88. The molecule has 2 aromatic rings. The summed E-state index contributed by atoms with van der Waals surface area (Å²) < 4.78 is 5.31. The van der Waals surface area contributed by atoms with Crippen LogP contribution in [0, 0.1) is 0 Å². The van der Waals surface area contributed by atoms with Crippen LogP contribution < -0.4 is 4.90 Å².